The van der Waals surface area contributed by atoms with Crippen molar-refractivity contribution < 1.29 is 30.7 Å². The van der Waals surface area contributed by atoms with Crippen LogP contribution >= 0.6 is 0 Å². The molecular weight excluding hydrogens is 701 g/mol. The molecule has 2 aliphatic rings. The number of nitrogens with one attached hydrogen (secondary N) is 3. The summed E-state index contributed by atoms with van der Waals surface area (Å²) in [6, 6.07) is 17.3. The molecule has 0 heterocycles. The quantitative estimate of drug-likeness (QED) is 0.0545. The summed E-state index contributed by atoms with van der Waals surface area (Å²) in [7, 11) is -8.14. The Labute approximate surface area is 291 Å². The molecule has 3 aromatic rings. The fourth-order valence-electron chi connectivity index (χ4n) is 5.59. The number of anilines is 3. The number of carbonyl (C=O) groups is 1. The standard InChI is InChI=1S/C34H34N6O9S2/c1-40(16-6-2-3-7-23(41)19-35)22-13-10-20(11-14-22)38-39-21-12-15-26(28(17-21)50(44,45)46)37-27-18-29(51(47,48)49)32(36)31-30(27)33(42)24-8-4-5-9-25(24)34(31)43/h4-5,8-15,17-18,36,38-39H,2-3,6-7,16,19,35H2,1H3,(H,44,45,46)(H,47,48,49). The second-order valence-electron chi connectivity index (χ2n) is 11.7. The molecule has 0 bridgehead atoms. The van der Waals surface area contributed by atoms with Gasteiger partial charge in [-0.3, -0.25) is 28.9 Å². The first-order chi connectivity index (χ1) is 24.1. The van der Waals surface area contributed by atoms with Gasteiger partial charge in [-0.25, -0.2) is 4.99 Å². The van der Waals surface area contributed by atoms with Gasteiger partial charge in [-0.2, -0.15) is 16.8 Å². The lowest BCUT2D eigenvalue weighted by molar-refractivity contribution is -0.117. The molecule has 0 fully saturated rings. The van der Waals surface area contributed by atoms with E-state index in [1.54, 1.807) is 12.1 Å². The topological polar surface area (TPSA) is 249 Å². The second kappa shape index (κ2) is 14.9. The Bertz CT molecular complexity index is 2660. The zero-order valence-corrected chi connectivity index (χ0v) is 28.8. The molecular formula is C34H34N6O9S2. The van der Waals surface area contributed by atoms with Gasteiger partial charge in [0.2, 0.25) is 0 Å². The first-order valence-corrected chi connectivity index (χ1v) is 18.4. The van der Waals surface area contributed by atoms with Gasteiger partial charge in [0.25, 0.3) is 20.2 Å². The number of hydrazine groups is 1. The molecule has 0 amide bonds. The minimum atomic E-state index is -5.11. The molecule has 5 rings (SSSR count). The third-order valence-electron chi connectivity index (χ3n) is 8.23. The molecule has 0 aliphatic heterocycles. The minimum absolute atomic E-state index is 0.0430. The lowest BCUT2D eigenvalue weighted by Gasteiger charge is -2.20. The van der Waals surface area contributed by atoms with Crippen molar-refractivity contribution in [2.24, 2.45) is 10.7 Å². The summed E-state index contributed by atoms with van der Waals surface area (Å²) in [5.41, 5.74) is 10.7. The summed E-state index contributed by atoms with van der Waals surface area (Å²) in [5.74, 6) is 0.0506. The van der Waals surface area contributed by atoms with Gasteiger partial charge in [-0.15, -0.1) is 0 Å². The van der Waals surface area contributed by atoms with Crippen LogP contribution in [0.2, 0.25) is 0 Å². The zero-order valence-electron chi connectivity index (χ0n) is 27.2. The third-order valence-corrected chi connectivity index (χ3v) is 9.99. The fraction of sp³-hybridized carbons (Fsp3) is 0.206. The lowest BCUT2D eigenvalue weighted by Crippen LogP contribution is -2.32. The molecule has 0 atom stereocenters. The average Bonchev–Trinajstić information content (AvgIpc) is 3.09. The normalized spacial score (nSPS) is 12.4. The highest BCUT2D eigenvalue weighted by Crippen LogP contribution is 2.28. The summed E-state index contributed by atoms with van der Waals surface area (Å²) >= 11 is 0. The van der Waals surface area contributed by atoms with Gasteiger partial charge in [0.1, 0.15) is 15.6 Å². The second-order valence-corrected chi connectivity index (χ2v) is 14.5. The summed E-state index contributed by atoms with van der Waals surface area (Å²) in [5, 5.41) is 5.71. The van der Waals surface area contributed by atoms with E-state index in [-0.39, 0.29) is 28.8 Å². The van der Waals surface area contributed by atoms with Crippen LogP contribution in [0.1, 0.15) is 25.7 Å². The van der Waals surface area contributed by atoms with Crippen LogP contribution in [0.25, 0.3) is 10.8 Å². The molecule has 0 saturated heterocycles. The van der Waals surface area contributed by atoms with E-state index in [4.69, 9.17) is 11.1 Å². The average molecular weight is 735 g/mol. The van der Waals surface area contributed by atoms with Crippen molar-refractivity contribution >= 4 is 59.5 Å². The molecule has 0 spiro atoms. The molecule has 2 aliphatic carbocycles. The van der Waals surface area contributed by atoms with Crippen LogP contribution in [0.4, 0.5) is 22.7 Å². The first-order valence-electron chi connectivity index (χ1n) is 15.6. The predicted molar refractivity (Wildman–Crippen MR) is 191 cm³/mol. The molecule has 0 unspecified atom stereocenters. The molecule has 51 heavy (non-hydrogen) atoms. The van der Waals surface area contributed by atoms with E-state index >= 15 is 0 Å². The number of nitrogens with two attached hydrogens (primary N) is 1. The van der Waals surface area contributed by atoms with Crippen molar-refractivity contribution in [3.63, 3.8) is 0 Å². The van der Waals surface area contributed by atoms with Gasteiger partial charge in [-0.1, -0.05) is 30.7 Å². The number of carbonyl (C=O) groups excluding carboxylic acids is 1. The maximum Gasteiger partial charge on any atom is 0.296 e. The molecule has 266 valence electrons. The zero-order chi connectivity index (χ0) is 37.1. The van der Waals surface area contributed by atoms with Crippen molar-refractivity contribution in [1.82, 2.24) is 0 Å². The van der Waals surface area contributed by atoms with Gasteiger partial charge < -0.3 is 21.5 Å². The summed E-state index contributed by atoms with van der Waals surface area (Å²) < 4.78 is 69.4. The Morgan fingerprint density at radius 1 is 0.804 bits per heavy atom. The Morgan fingerprint density at radius 2 is 1.39 bits per heavy atom. The van der Waals surface area contributed by atoms with E-state index in [9.17, 15) is 40.3 Å². The van der Waals surface area contributed by atoms with Crippen LogP contribution in [0.3, 0.4) is 0 Å². The number of nitrogens with zero attached hydrogens (tertiary/aromatic N) is 2. The number of rotatable bonds is 14. The predicted octanol–water partition coefficient (Wildman–Crippen LogP) is 2.33. The van der Waals surface area contributed by atoms with E-state index in [0.717, 1.165) is 37.6 Å². The third kappa shape index (κ3) is 8.19. The smallest absolute Gasteiger partial charge is 0.296 e. The summed E-state index contributed by atoms with van der Waals surface area (Å²) in [6.07, 6.45) is 3.07. The first kappa shape index (κ1) is 36.9. The number of ketones is 1. The van der Waals surface area contributed by atoms with Crippen molar-refractivity contribution in [3.8, 4) is 0 Å². The number of hydrogen-bond acceptors (Lipinski definition) is 13. The maximum absolute atomic E-state index is 13.6. The van der Waals surface area contributed by atoms with Gasteiger partial charge >= 0.3 is 0 Å². The molecule has 7 N–H and O–H groups in total. The largest absolute Gasteiger partial charge is 0.375 e. The van der Waals surface area contributed by atoms with Gasteiger partial charge in [0.05, 0.1) is 44.8 Å². The molecule has 0 aromatic heterocycles. The van der Waals surface area contributed by atoms with Crippen molar-refractivity contribution in [1.29, 1.82) is 5.41 Å². The lowest BCUT2D eigenvalue weighted by atomic mass is 10.0. The number of hydrogen-bond donors (Lipinski definition) is 6. The van der Waals surface area contributed by atoms with Crippen LogP contribution in [-0.2, 0) is 25.0 Å². The highest BCUT2D eigenvalue weighted by Gasteiger charge is 2.21. The van der Waals surface area contributed by atoms with Crippen LogP contribution in [0, 0.1) is 15.8 Å². The van der Waals surface area contributed by atoms with Gasteiger partial charge in [0.15, 0.2) is 10.9 Å². The highest BCUT2D eigenvalue weighted by molar-refractivity contribution is 7.86. The van der Waals surface area contributed by atoms with Crippen molar-refractivity contribution in [3.05, 3.63) is 114 Å². The Hall–Kier alpha value is -5.33. The Morgan fingerprint density at radius 3 is 2.00 bits per heavy atom. The molecule has 3 aromatic carbocycles. The van der Waals surface area contributed by atoms with E-state index in [1.165, 1.54) is 36.4 Å². The molecule has 17 heteroatoms. The monoisotopic (exact) mass is 734 g/mol. The number of unbranched alkanes of at least 4 members (excludes halogenated alkanes) is 2. The van der Waals surface area contributed by atoms with Crippen molar-refractivity contribution in [2.75, 3.05) is 35.9 Å². The maximum atomic E-state index is 13.6. The van der Waals surface area contributed by atoms with E-state index in [2.05, 4.69) is 20.7 Å². The SMILES string of the molecule is CN(CCCCCC(=O)CN)c1ccc(NNc2ccc(N=c3cc(S(=O)(=O)O)c(=N)c4c(=O)c5ccccc5c(=O)c3=4)c(S(=O)(=O)O)c2)cc1. The van der Waals surface area contributed by atoms with Gasteiger partial charge in [-0.05, 0) is 61.4 Å². The Kier molecular flexibility index (Phi) is 10.8. The van der Waals surface area contributed by atoms with Gasteiger partial charge in [0, 0.05) is 36.5 Å². The minimum Gasteiger partial charge on any atom is -0.375 e. The fourth-order valence-corrected chi connectivity index (χ4v) is 6.86. The summed E-state index contributed by atoms with van der Waals surface area (Å²) in [4.78, 5) is 42.8. The molecule has 15 nitrogen and oxygen atoms in total. The van der Waals surface area contributed by atoms with Crippen LogP contribution in [0.15, 0.2) is 97.2 Å². The van der Waals surface area contributed by atoms with Crippen LogP contribution in [0.5, 0.6) is 0 Å². The highest BCUT2D eigenvalue weighted by atomic mass is 32.2. The van der Waals surface area contributed by atoms with Crippen LogP contribution < -0.4 is 43.1 Å². The number of benzene rings is 3. The van der Waals surface area contributed by atoms with Crippen LogP contribution in [-0.4, -0.2) is 51.9 Å². The van der Waals surface area contributed by atoms with Crippen molar-refractivity contribution in [2.45, 2.75) is 35.5 Å². The number of fused-ring (bicyclic) bond motifs is 1. The Balaban J connectivity index is 1.47. The summed E-state index contributed by atoms with van der Waals surface area (Å²) in [6.45, 7) is 0.844. The van der Waals surface area contributed by atoms with E-state index in [0.29, 0.717) is 18.2 Å². The molecule has 0 saturated carbocycles. The van der Waals surface area contributed by atoms with E-state index < -0.39 is 67.7 Å². The van der Waals surface area contributed by atoms with E-state index in [1.807, 2.05) is 19.2 Å². The molecule has 0 radical (unpaired) electrons. The number of Topliss-reactive ketones (excluding diaryl/α,β-unsaturated/α-hetero) is 1.